The van der Waals surface area contributed by atoms with Crippen molar-refractivity contribution in [2.24, 2.45) is 0 Å². The Morgan fingerprint density at radius 3 is 2.50 bits per heavy atom. The molecule has 0 saturated heterocycles. The van der Waals surface area contributed by atoms with E-state index in [1.165, 1.54) is 19.2 Å². The molecule has 0 aliphatic heterocycles. The Kier molecular flexibility index (Phi) is 4.88. The quantitative estimate of drug-likeness (QED) is 0.680. The predicted molar refractivity (Wildman–Crippen MR) is 89.8 cm³/mol. The summed E-state index contributed by atoms with van der Waals surface area (Å²) in [6, 6.07) is 13.4. The lowest BCUT2D eigenvalue weighted by Crippen LogP contribution is -2.13. The van der Waals surface area contributed by atoms with E-state index in [9.17, 15) is 18.0 Å². The van der Waals surface area contributed by atoms with Crippen molar-refractivity contribution < 1.29 is 27.4 Å². The van der Waals surface area contributed by atoms with Gasteiger partial charge in [-0.05, 0) is 23.8 Å². The van der Waals surface area contributed by atoms with Crippen LogP contribution in [0, 0.1) is 0 Å². The lowest BCUT2D eigenvalue weighted by Gasteiger charge is -2.09. The molecule has 4 nitrogen and oxygen atoms in total. The molecule has 3 aromatic rings. The Balaban J connectivity index is 1.88. The summed E-state index contributed by atoms with van der Waals surface area (Å²) in [6.45, 7) is 0.00665. The van der Waals surface area contributed by atoms with Crippen molar-refractivity contribution in [1.82, 2.24) is 4.98 Å². The number of aromatic amines is 1. The van der Waals surface area contributed by atoms with Crippen LogP contribution in [-0.4, -0.2) is 18.1 Å². The highest BCUT2D eigenvalue weighted by Gasteiger charge is 2.37. The third-order valence-electron chi connectivity index (χ3n) is 3.96. The van der Waals surface area contributed by atoms with Crippen LogP contribution < -0.4 is 4.74 Å². The van der Waals surface area contributed by atoms with Gasteiger partial charge in [-0.3, -0.25) is 4.79 Å². The van der Waals surface area contributed by atoms with E-state index in [1.807, 2.05) is 6.07 Å². The van der Waals surface area contributed by atoms with Crippen LogP contribution in [0.15, 0.2) is 48.5 Å². The molecule has 0 amide bonds. The van der Waals surface area contributed by atoms with Crippen LogP contribution in [0.3, 0.4) is 0 Å². The number of alkyl halides is 3. The minimum absolute atomic E-state index is 0.00665. The fraction of sp³-hybridized carbons (Fsp3) is 0.211. The van der Waals surface area contributed by atoms with Gasteiger partial charge >= 0.3 is 12.1 Å². The van der Waals surface area contributed by atoms with Crippen LogP contribution in [-0.2, 0) is 28.7 Å². The minimum atomic E-state index is -4.61. The molecular weight excluding hydrogens is 347 g/mol. The van der Waals surface area contributed by atoms with Gasteiger partial charge in [0.15, 0.2) is 0 Å². The minimum Gasteiger partial charge on any atom is -0.497 e. The number of halogens is 3. The summed E-state index contributed by atoms with van der Waals surface area (Å²) in [5, 5.41) is 0.285. The van der Waals surface area contributed by atoms with E-state index in [1.54, 1.807) is 30.3 Å². The number of hydrogen-bond acceptors (Lipinski definition) is 3. The molecule has 26 heavy (non-hydrogen) atoms. The number of fused-ring (bicyclic) bond motifs is 1. The Morgan fingerprint density at radius 2 is 1.85 bits per heavy atom. The molecule has 1 heterocycles. The second-order valence-corrected chi connectivity index (χ2v) is 5.71. The monoisotopic (exact) mass is 363 g/mol. The topological polar surface area (TPSA) is 51.3 Å². The van der Waals surface area contributed by atoms with Crippen LogP contribution in [0.2, 0.25) is 0 Å². The zero-order valence-electron chi connectivity index (χ0n) is 13.9. The molecule has 0 radical (unpaired) electrons. The predicted octanol–water partition coefficient (Wildman–Crippen LogP) is 4.48. The molecule has 3 rings (SSSR count). The van der Waals surface area contributed by atoms with Crippen molar-refractivity contribution in [1.29, 1.82) is 0 Å². The molecule has 0 fully saturated rings. The maximum atomic E-state index is 13.4. The largest absolute Gasteiger partial charge is 0.497 e. The number of methoxy groups -OCH3 is 1. The lowest BCUT2D eigenvalue weighted by molar-refractivity contribution is -0.145. The second kappa shape index (κ2) is 7.11. The average Bonchev–Trinajstić information content (AvgIpc) is 2.99. The third-order valence-corrected chi connectivity index (χ3v) is 3.96. The Hall–Kier alpha value is -2.96. The number of ether oxygens (including phenoxy) is 2. The maximum Gasteiger partial charge on any atom is 0.431 e. The van der Waals surface area contributed by atoms with Crippen molar-refractivity contribution in [3.05, 3.63) is 65.4 Å². The van der Waals surface area contributed by atoms with Crippen LogP contribution in [0.25, 0.3) is 10.9 Å². The van der Waals surface area contributed by atoms with E-state index >= 15 is 0 Å². The van der Waals surface area contributed by atoms with E-state index < -0.39 is 24.3 Å². The number of nitrogens with one attached hydrogen (secondary N) is 1. The van der Waals surface area contributed by atoms with Gasteiger partial charge in [0.05, 0.1) is 13.5 Å². The normalized spacial score (nSPS) is 11.5. The van der Waals surface area contributed by atoms with Gasteiger partial charge in [0.2, 0.25) is 0 Å². The number of esters is 1. The number of benzene rings is 2. The lowest BCUT2D eigenvalue weighted by atomic mass is 10.1. The van der Waals surface area contributed by atoms with Gasteiger partial charge in [0, 0.05) is 16.5 Å². The molecule has 136 valence electrons. The van der Waals surface area contributed by atoms with Gasteiger partial charge in [0.1, 0.15) is 18.1 Å². The van der Waals surface area contributed by atoms with Crippen LogP contribution in [0.1, 0.15) is 16.8 Å². The third kappa shape index (κ3) is 3.82. The van der Waals surface area contributed by atoms with Gasteiger partial charge in [-0.1, -0.05) is 30.3 Å². The average molecular weight is 363 g/mol. The number of hydrogen-bond donors (Lipinski definition) is 1. The molecule has 0 aliphatic carbocycles. The molecule has 0 spiro atoms. The summed E-state index contributed by atoms with van der Waals surface area (Å²) >= 11 is 0. The number of carbonyl (C=O) groups excluding carboxylic acids is 1. The maximum absolute atomic E-state index is 13.4. The zero-order valence-corrected chi connectivity index (χ0v) is 13.9. The number of H-pyrrole nitrogens is 1. The summed E-state index contributed by atoms with van der Waals surface area (Å²) in [6.07, 6.45) is -5.10. The first kappa shape index (κ1) is 17.8. The molecule has 0 unspecified atom stereocenters. The van der Waals surface area contributed by atoms with Crippen LogP contribution >= 0.6 is 0 Å². The molecule has 2 aromatic carbocycles. The fourth-order valence-electron chi connectivity index (χ4n) is 2.71. The molecule has 7 heteroatoms. The fourth-order valence-corrected chi connectivity index (χ4v) is 2.71. The van der Waals surface area contributed by atoms with Crippen molar-refractivity contribution in [2.75, 3.05) is 7.11 Å². The summed E-state index contributed by atoms with van der Waals surface area (Å²) < 4.78 is 50.3. The van der Waals surface area contributed by atoms with Crippen LogP contribution in [0.5, 0.6) is 5.75 Å². The Bertz CT molecular complexity index is 917. The summed E-state index contributed by atoms with van der Waals surface area (Å²) in [5.41, 5.74) is -0.0525. The molecule has 1 N–H and O–H groups in total. The molecule has 0 aliphatic rings. The molecule has 0 bridgehead atoms. The van der Waals surface area contributed by atoms with Gasteiger partial charge in [0.25, 0.3) is 0 Å². The van der Waals surface area contributed by atoms with E-state index in [0.717, 1.165) is 5.56 Å². The standard InChI is InChI=1S/C19H16F3NO3/c1-25-13-7-8-16-14(9-13)15(18(23-16)19(20,21)22)10-17(24)26-11-12-5-3-2-4-6-12/h2-9,23H,10-11H2,1H3. The molecule has 1 aromatic heterocycles. The molecule has 0 atom stereocenters. The first-order valence-corrected chi connectivity index (χ1v) is 7.84. The van der Waals surface area contributed by atoms with Gasteiger partial charge in [-0.25, -0.2) is 0 Å². The van der Waals surface area contributed by atoms with Crippen LogP contribution in [0.4, 0.5) is 13.2 Å². The second-order valence-electron chi connectivity index (χ2n) is 5.71. The summed E-state index contributed by atoms with van der Waals surface area (Å²) in [5.74, 6) is -0.327. The van der Waals surface area contributed by atoms with E-state index in [-0.39, 0.29) is 23.1 Å². The van der Waals surface area contributed by atoms with Crippen molar-refractivity contribution in [3.8, 4) is 5.75 Å². The van der Waals surface area contributed by atoms with Gasteiger partial charge < -0.3 is 14.5 Å². The summed E-state index contributed by atoms with van der Waals surface area (Å²) in [7, 11) is 1.42. The van der Waals surface area contributed by atoms with E-state index in [4.69, 9.17) is 9.47 Å². The smallest absolute Gasteiger partial charge is 0.431 e. The van der Waals surface area contributed by atoms with Gasteiger partial charge in [-0.2, -0.15) is 13.2 Å². The Labute approximate surface area is 147 Å². The zero-order chi connectivity index (χ0) is 18.7. The van der Waals surface area contributed by atoms with Gasteiger partial charge in [-0.15, -0.1) is 0 Å². The van der Waals surface area contributed by atoms with Crippen molar-refractivity contribution >= 4 is 16.9 Å². The summed E-state index contributed by atoms with van der Waals surface area (Å²) in [4.78, 5) is 14.5. The molecule has 0 saturated carbocycles. The Morgan fingerprint density at radius 1 is 1.12 bits per heavy atom. The number of carbonyl (C=O) groups is 1. The van der Waals surface area contributed by atoms with Crippen molar-refractivity contribution in [3.63, 3.8) is 0 Å². The van der Waals surface area contributed by atoms with E-state index in [2.05, 4.69) is 4.98 Å². The highest BCUT2D eigenvalue weighted by Crippen LogP contribution is 2.37. The highest BCUT2D eigenvalue weighted by molar-refractivity contribution is 5.90. The number of rotatable bonds is 5. The first-order chi connectivity index (χ1) is 12.4. The van der Waals surface area contributed by atoms with E-state index in [0.29, 0.717) is 5.75 Å². The highest BCUT2D eigenvalue weighted by atomic mass is 19.4. The van der Waals surface area contributed by atoms with Crippen molar-refractivity contribution in [2.45, 2.75) is 19.2 Å². The number of aromatic nitrogens is 1. The first-order valence-electron chi connectivity index (χ1n) is 7.84. The SMILES string of the molecule is COc1ccc2[nH]c(C(F)(F)F)c(CC(=O)OCc3ccccc3)c2c1. The molecular formula is C19H16F3NO3.